The van der Waals surface area contributed by atoms with Crippen molar-refractivity contribution in [2.24, 2.45) is 36.0 Å². The lowest BCUT2D eigenvalue weighted by molar-refractivity contribution is -0.0605. The molecule has 2 N–H and O–H groups in total. The molecule has 4 saturated carbocycles. The summed E-state index contributed by atoms with van der Waals surface area (Å²) < 4.78 is 1.87. The van der Waals surface area contributed by atoms with E-state index < -0.39 is 0 Å². The fourth-order valence-electron chi connectivity index (χ4n) is 5.76. The van der Waals surface area contributed by atoms with Gasteiger partial charge in [-0.1, -0.05) is 0 Å². The SMILES string of the molecule is Cn1cc(C(N)CC23CC4CC(CC(C4)C2)C3)cn1. The van der Waals surface area contributed by atoms with Crippen LogP contribution in [0.3, 0.4) is 0 Å². The summed E-state index contributed by atoms with van der Waals surface area (Å²) in [7, 11) is 1.97. The summed E-state index contributed by atoms with van der Waals surface area (Å²) in [6.45, 7) is 0. The minimum absolute atomic E-state index is 0.185. The van der Waals surface area contributed by atoms with Crippen LogP contribution in [-0.4, -0.2) is 9.78 Å². The third-order valence-electron chi connectivity index (χ3n) is 5.97. The summed E-state index contributed by atoms with van der Waals surface area (Å²) in [5.41, 5.74) is 8.27. The number of nitrogens with two attached hydrogens (primary N) is 1. The number of aryl methyl sites for hydroxylation is 1. The topological polar surface area (TPSA) is 43.8 Å². The Hall–Kier alpha value is -0.830. The minimum Gasteiger partial charge on any atom is -0.324 e. The minimum atomic E-state index is 0.185. The van der Waals surface area contributed by atoms with Gasteiger partial charge in [-0.05, 0) is 68.1 Å². The van der Waals surface area contributed by atoms with E-state index in [1.54, 1.807) is 0 Å². The summed E-state index contributed by atoms with van der Waals surface area (Å²) in [5.74, 6) is 3.06. The van der Waals surface area contributed by atoms with Crippen molar-refractivity contribution in [3.63, 3.8) is 0 Å². The van der Waals surface area contributed by atoms with E-state index in [-0.39, 0.29) is 6.04 Å². The van der Waals surface area contributed by atoms with E-state index in [0.717, 1.165) is 17.8 Å². The van der Waals surface area contributed by atoms with E-state index in [9.17, 15) is 0 Å². The van der Waals surface area contributed by atoms with Crippen LogP contribution in [-0.2, 0) is 7.05 Å². The average molecular weight is 259 g/mol. The zero-order valence-corrected chi connectivity index (χ0v) is 11.9. The van der Waals surface area contributed by atoms with Crippen LogP contribution in [0.2, 0.25) is 0 Å². The average Bonchev–Trinajstić information content (AvgIpc) is 2.73. The predicted molar refractivity (Wildman–Crippen MR) is 75.4 cm³/mol. The Kier molecular flexibility index (Phi) is 2.57. The Bertz CT molecular complexity index is 441. The second-order valence-electron chi connectivity index (χ2n) is 7.68. The molecule has 4 aliphatic carbocycles. The lowest BCUT2D eigenvalue weighted by Gasteiger charge is -2.57. The van der Waals surface area contributed by atoms with Crippen molar-refractivity contribution in [2.75, 3.05) is 0 Å². The van der Waals surface area contributed by atoms with Crippen LogP contribution >= 0.6 is 0 Å². The van der Waals surface area contributed by atoms with E-state index in [2.05, 4.69) is 11.3 Å². The second kappa shape index (κ2) is 4.08. The molecule has 19 heavy (non-hydrogen) atoms. The normalized spacial score (nSPS) is 41.7. The first-order valence-electron chi connectivity index (χ1n) is 7.86. The van der Waals surface area contributed by atoms with Gasteiger partial charge in [0.1, 0.15) is 0 Å². The van der Waals surface area contributed by atoms with Crippen molar-refractivity contribution in [1.29, 1.82) is 0 Å². The lowest BCUT2D eigenvalue weighted by atomic mass is 9.48. The Morgan fingerprint density at radius 2 is 1.84 bits per heavy atom. The summed E-state index contributed by atoms with van der Waals surface area (Å²) in [6, 6.07) is 0.185. The Labute approximate surface area is 115 Å². The van der Waals surface area contributed by atoms with Crippen molar-refractivity contribution in [2.45, 2.75) is 51.0 Å². The van der Waals surface area contributed by atoms with Crippen molar-refractivity contribution in [3.8, 4) is 0 Å². The van der Waals surface area contributed by atoms with Crippen molar-refractivity contribution >= 4 is 0 Å². The molecule has 1 aromatic heterocycles. The van der Waals surface area contributed by atoms with Crippen LogP contribution < -0.4 is 5.73 Å². The molecule has 0 amide bonds. The molecule has 0 spiro atoms. The molecule has 4 bridgehead atoms. The molecule has 1 unspecified atom stereocenters. The van der Waals surface area contributed by atoms with Gasteiger partial charge in [0.05, 0.1) is 6.20 Å². The number of hydrogen-bond donors (Lipinski definition) is 1. The van der Waals surface area contributed by atoms with Gasteiger partial charge in [-0.3, -0.25) is 4.68 Å². The van der Waals surface area contributed by atoms with Crippen LogP contribution in [0, 0.1) is 23.2 Å². The highest BCUT2D eigenvalue weighted by Gasteiger charge is 2.51. The molecular formula is C16H25N3. The first-order valence-corrected chi connectivity index (χ1v) is 7.86. The maximum absolute atomic E-state index is 6.48. The van der Waals surface area contributed by atoms with Gasteiger partial charge in [-0.15, -0.1) is 0 Å². The van der Waals surface area contributed by atoms with Crippen LogP contribution in [0.1, 0.15) is 56.6 Å². The standard InChI is InChI=1S/C16H25N3/c1-19-10-14(9-18-19)15(17)8-16-5-11-2-12(6-16)4-13(3-11)7-16/h9-13,15H,2-8,17H2,1H3. The van der Waals surface area contributed by atoms with E-state index in [1.165, 1.54) is 50.5 Å². The highest BCUT2D eigenvalue weighted by molar-refractivity contribution is 5.12. The van der Waals surface area contributed by atoms with E-state index in [0.29, 0.717) is 5.41 Å². The van der Waals surface area contributed by atoms with Crippen molar-refractivity contribution < 1.29 is 0 Å². The summed E-state index contributed by atoms with van der Waals surface area (Å²) >= 11 is 0. The Balaban J connectivity index is 1.53. The first kappa shape index (κ1) is 12.0. The number of rotatable bonds is 3. The Morgan fingerprint density at radius 3 is 2.32 bits per heavy atom. The molecular weight excluding hydrogens is 234 g/mol. The quantitative estimate of drug-likeness (QED) is 0.906. The number of nitrogens with zero attached hydrogens (tertiary/aromatic N) is 2. The molecule has 0 saturated heterocycles. The second-order valence-corrected chi connectivity index (χ2v) is 7.68. The van der Waals surface area contributed by atoms with Gasteiger partial charge < -0.3 is 5.73 Å². The zero-order valence-electron chi connectivity index (χ0n) is 11.9. The van der Waals surface area contributed by atoms with Crippen LogP contribution in [0.4, 0.5) is 0 Å². The van der Waals surface area contributed by atoms with Gasteiger partial charge in [0.2, 0.25) is 0 Å². The maximum atomic E-state index is 6.48. The van der Waals surface area contributed by atoms with Crippen LogP contribution in [0.5, 0.6) is 0 Å². The van der Waals surface area contributed by atoms with Gasteiger partial charge in [0, 0.05) is 24.8 Å². The highest BCUT2D eigenvalue weighted by atomic mass is 15.2. The van der Waals surface area contributed by atoms with Crippen LogP contribution in [0.15, 0.2) is 12.4 Å². The number of aromatic nitrogens is 2. The first-order chi connectivity index (χ1) is 9.12. The fraction of sp³-hybridized carbons (Fsp3) is 0.812. The third-order valence-corrected chi connectivity index (χ3v) is 5.97. The molecule has 1 heterocycles. The summed E-state index contributed by atoms with van der Waals surface area (Å²) in [5, 5.41) is 4.27. The highest BCUT2D eigenvalue weighted by Crippen LogP contribution is 2.62. The molecule has 0 aliphatic heterocycles. The monoisotopic (exact) mass is 259 g/mol. The molecule has 4 fully saturated rings. The van der Waals surface area contributed by atoms with Gasteiger partial charge in [0.25, 0.3) is 0 Å². The van der Waals surface area contributed by atoms with Gasteiger partial charge >= 0.3 is 0 Å². The molecule has 1 aromatic rings. The van der Waals surface area contributed by atoms with Gasteiger partial charge in [0.15, 0.2) is 0 Å². The molecule has 3 nitrogen and oxygen atoms in total. The van der Waals surface area contributed by atoms with E-state index >= 15 is 0 Å². The third kappa shape index (κ3) is 2.03. The summed E-state index contributed by atoms with van der Waals surface area (Å²) in [4.78, 5) is 0. The smallest absolute Gasteiger partial charge is 0.0537 e. The van der Waals surface area contributed by atoms with E-state index in [4.69, 9.17) is 5.73 Å². The van der Waals surface area contributed by atoms with E-state index in [1.807, 2.05) is 17.9 Å². The van der Waals surface area contributed by atoms with Crippen molar-refractivity contribution in [1.82, 2.24) is 9.78 Å². The summed E-state index contributed by atoms with van der Waals surface area (Å²) in [6.07, 6.45) is 14.1. The van der Waals surface area contributed by atoms with Gasteiger partial charge in [-0.25, -0.2) is 0 Å². The fourth-order valence-corrected chi connectivity index (χ4v) is 5.76. The molecule has 4 aliphatic rings. The number of hydrogen-bond acceptors (Lipinski definition) is 2. The molecule has 1 atom stereocenters. The van der Waals surface area contributed by atoms with Gasteiger partial charge in [-0.2, -0.15) is 5.10 Å². The lowest BCUT2D eigenvalue weighted by Crippen LogP contribution is -2.47. The molecule has 0 aromatic carbocycles. The Morgan fingerprint density at radius 1 is 1.26 bits per heavy atom. The zero-order chi connectivity index (χ0) is 13.0. The maximum Gasteiger partial charge on any atom is 0.0537 e. The molecule has 0 radical (unpaired) electrons. The predicted octanol–water partition coefficient (Wildman–Crippen LogP) is 3.03. The molecule has 5 rings (SSSR count). The van der Waals surface area contributed by atoms with Crippen LogP contribution in [0.25, 0.3) is 0 Å². The van der Waals surface area contributed by atoms with Crippen molar-refractivity contribution in [3.05, 3.63) is 18.0 Å². The molecule has 104 valence electrons. The largest absolute Gasteiger partial charge is 0.324 e. The molecule has 3 heteroatoms.